The van der Waals surface area contributed by atoms with Gasteiger partial charge < -0.3 is 19.6 Å². The quantitative estimate of drug-likeness (QED) is 0.645. The summed E-state index contributed by atoms with van der Waals surface area (Å²) in [5.41, 5.74) is 1.86. The molecule has 7 heteroatoms. The zero-order chi connectivity index (χ0) is 24.8. The molecule has 0 radical (unpaired) electrons. The fourth-order valence-electron chi connectivity index (χ4n) is 4.98. The van der Waals surface area contributed by atoms with E-state index in [1.165, 1.54) is 25.7 Å². The van der Waals surface area contributed by atoms with Crippen molar-refractivity contribution in [1.82, 2.24) is 19.8 Å². The standard InChI is InChI=1S/C28H36N4O3/c1-20-16-32(21(2)19-33)28(34)25-14-24(9-8-22-10-12-29-13-11-22)15-30-27(25)35-26(20)18-31(3)17-23-6-4-5-7-23/h10-15,20-21,23,26,33H,4-7,16-19H2,1-3H3/t20-,21-,26-/m0/s1. The highest BCUT2D eigenvalue weighted by Gasteiger charge is 2.34. The van der Waals surface area contributed by atoms with Gasteiger partial charge in [0.25, 0.3) is 5.91 Å². The van der Waals surface area contributed by atoms with Crippen LogP contribution in [0, 0.1) is 23.7 Å². The normalized spacial score (nSPS) is 21.5. The molecule has 0 saturated heterocycles. The molecule has 1 fully saturated rings. The van der Waals surface area contributed by atoms with E-state index in [1.54, 1.807) is 29.6 Å². The van der Waals surface area contributed by atoms with Crippen LogP contribution in [0.1, 0.15) is 61.0 Å². The van der Waals surface area contributed by atoms with Crippen molar-refractivity contribution in [3.8, 4) is 17.7 Å². The Morgan fingerprint density at radius 1 is 1.20 bits per heavy atom. The first kappa shape index (κ1) is 25.2. The van der Waals surface area contributed by atoms with Crippen LogP contribution in [-0.4, -0.2) is 76.2 Å². The van der Waals surface area contributed by atoms with Crippen LogP contribution in [0.3, 0.4) is 0 Å². The molecule has 0 spiro atoms. The summed E-state index contributed by atoms with van der Waals surface area (Å²) in [5.74, 6) is 7.17. The highest BCUT2D eigenvalue weighted by Crippen LogP contribution is 2.29. The fraction of sp³-hybridized carbons (Fsp3) is 0.536. The first-order valence-electron chi connectivity index (χ1n) is 12.6. The number of hydrogen-bond acceptors (Lipinski definition) is 6. The minimum Gasteiger partial charge on any atom is -0.472 e. The minimum absolute atomic E-state index is 0.0834. The maximum absolute atomic E-state index is 13.5. The molecule has 2 aromatic rings. The summed E-state index contributed by atoms with van der Waals surface area (Å²) in [6, 6.07) is 5.12. The van der Waals surface area contributed by atoms with Crippen LogP contribution in [0.5, 0.6) is 5.88 Å². The number of aromatic nitrogens is 2. The number of fused-ring (bicyclic) bond motifs is 1. The highest BCUT2D eigenvalue weighted by atomic mass is 16.5. The van der Waals surface area contributed by atoms with Crippen LogP contribution in [-0.2, 0) is 0 Å². The average Bonchev–Trinajstić information content (AvgIpc) is 3.38. The molecular formula is C28H36N4O3. The summed E-state index contributed by atoms with van der Waals surface area (Å²) in [7, 11) is 2.15. The second-order valence-electron chi connectivity index (χ2n) is 10.1. The second kappa shape index (κ2) is 11.7. The fourth-order valence-corrected chi connectivity index (χ4v) is 4.98. The van der Waals surface area contributed by atoms with Crippen LogP contribution in [0.15, 0.2) is 36.8 Å². The van der Waals surface area contributed by atoms with E-state index in [0.29, 0.717) is 23.6 Å². The molecule has 2 aromatic heterocycles. The summed E-state index contributed by atoms with van der Waals surface area (Å²) in [4.78, 5) is 26.2. The molecule has 35 heavy (non-hydrogen) atoms. The van der Waals surface area contributed by atoms with Gasteiger partial charge in [-0.05, 0) is 50.9 Å². The first-order valence-corrected chi connectivity index (χ1v) is 12.6. The van der Waals surface area contributed by atoms with Crippen LogP contribution in [0.4, 0.5) is 0 Å². The van der Waals surface area contributed by atoms with Gasteiger partial charge in [0.05, 0.1) is 12.6 Å². The number of aliphatic hydroxyl groups excluding tert-OH is 1. The molecule has 3 atom stereocenters. The molecule has 1 N–H and O–H groups in total. The average molecular weight is 477 g/mol. The molecule has 3 heterocycles. The number of ether oxygens (including phenoxy) is 1. The number of carbonyl (C=O) groups excluding carboxylic acids is 1. The molecule has 0 unspecified atom stereocenters. The van der Waals surface area contributed by atoms with E-state index in [4.69, 9.17) is 4.74 Å². The SMILES string of the molecule is C[C@H]1CN([C@@H](C)CO)C(=O)c2cc(C#Cc3ccncc3)cnc2O[C@H]1CN(C)CC1CCCC1. The summed E-state index contributed by atoms with van der Waals surface area (Å²) >= 11 is 0. The number of hydrogen-bond donors (Lipinski definition) is 1. The monoisotopic (exact) mass is 476 g/mol. The molecule has 0 aromatic carbocycles. The van der Waals surface area contributed by atoms with E-state index in [9.17, 15) is 9.90 Å². The zero-order valence-electron chi connectivity index (χ0n) is 21.0. The van der Waals surface area contributed by atoms with Gasteiger partial charge in [-0.25, -0.2) is 4.98 Å². The van der Waals surface area contributed by atoms with Crippen molar-refractivity contribution in [3.05, 3.63) is 53.5 Å². The van der Waals surface area contributed by atoms with Gasteiger partial charge in [-0.15, -0.1) is 0 Å². The third kappa shape index (κ3) is 6.39. The molecule has 1 aliphatic heterocycles. The van der Waals surface area contributed by atoms with Gasteiger partial charge in [0, 0.05) is 55.3 Å². The number of carbonyl (C=O) groups is 1. The lowest BCUT2D eigenvalue weighted by molar-refractivity contribution is 0.0320. The second-order valence-corrected chi connectivity index (χ2v) is 10.1. The number of likely N-dealkylation sites (N-methyl/N-ethyl adjacent to an activating group) is 1. The maximum Gasteiger partial charge on any atom is 0.259 e. The number of rotatable bonds is 6. The van der Waals surface area contributed by atoms with E-state index in [0.717, 1.165) is 24.6 Å². The lowest BCUT2D eigenvalue weighted by Crippen LogP contribution is -2.50. The van der Waals surface area contributed by atoms with Crippen molar-refractivity contribution >= 4 is 5.91 Å². The van der Waals surface area contributed by atoms with Crippen molar-refractivity contribution in [2.24, 2.45) is 11.8 Å². The van der Waals surface area contributed by atoms with Crippen LogP contribution in [0.2, 0.25) is 0 Å². The Morgan fingerprint density at radius 2 is 1.91 bits per heavy atom. The van der Waals surface area contributed by atoms with Gasteiger partial charge in [-0.2, -0.15) is 0 Å². The molecule has 0 bridgehead atoms. The smallest absolute Gasteiger partial charge is 0.259 e. The largest absolute Gasteiger partial charge is 0.472 e. The molecule has 186 valence electrons. The number of amides is 1. The lowest BCUT2D eigenvalue weighted by Gasteiger charge is -2.38. The van der Waals surface area contributed by atoms with E-state index in [2.05, 4.69) is 40.7 Å². The van der Waals surface area contributed by atoms with Crippen molar-refractivity contribution in [1.29, 1.82) is 0 Å². The number of pyridine rings is 2. The third-order valence-corrected chi connectivity index (χ3v) is 7.09. The van der Waals surface area contributed by atoms with Gasteiger partial charge in [0.2, 0.25) is 5.88 Å². The van der Waals surface area contributed by atoms with Gasteiger partial charge in [0.1, 0.15) is 11.7 Å². The molecular weight excluding hydrogens is 440 g/mol. The summed E-state index contributed by atoms with van der Waals surface area (Å²) < 4.78 is 6.42. The Hall–Kier alpha value is -2.95. The minimum atomic E-state index is -0.306. The third-order valence-electron chi connectivity index (χ3n) is 7.09. The molecule has 1 aliphatic carbocycles. The van der Waals surface area contributed by atoms with E-state index in [1.807, 2.05) is 19.1 Å². The Balaban J connectivity index is 1.61. The van der Waals surface area contributed by atoms with Crippen LogP contribution >= 0.6 is 0 Å². The van der Waals surface area contributed by atoms with Crippen molar-refractivity contribution < 1.29 is 14.6 Å². The highest BCUT2D eigenvalue weighted by molar-refractivity contribution is 5.97. The first-order chi connectivity index (χ1) is 16.9. The van der Waals surface area contributed by atoms with Crippen molar-refractivity contribution in [2.75, 3.05) is 33.3 Å². The number of aliphatic hydroxyl groups is 1. The zero-order valence-corrected chi connectivity index (χ0v) is 21.0. The summed E-state index contributed by atoms with van der Waals surface area (Å²) in [5, 5.41) is 9.86. The van der Waals surface area contributed by atoms with E-state index < -0.39 is 0 Å². The summed E-state index contributed by atoms with van der Waals surface area (Å²) in [6.07, 6.45) is 10.2. The molecule has 2 aliphatic rings. The van der Waals surface area contributed by atoms with Crippen LogP contribution < -0.4 is 4.74 Å². The molecule has 7 nitrogen and oxygen atoms in total. The molecule has 4 rings (SSSR count). The maximum atomic E-state index is 13.5. The number of nitrogens with zero attached hydrogens (tertiary/aromatic N) is 4. The van der Waals surface area contributed by atoms with Gasteiger partial charge in [0.15, 0.2) is 0 Å². The van der Waals surface area contributed by atoms with Gasteiger partial charge in [-0.1, -0.05) is 31.6 Å². The van der Waals surface area contributed by atoms with E-state index in [-0.39, 0.29) is 30.6 Å². The Kier molecular flexibility index (Phi) is 8.37. The Morgan fingerprint density at radius 3 is 2.63 bits per heavy atom. The van der Waals surface area contributed by atoms with Crippen molar-refractivity contribution in [2.45, 2.75) is 51.7 Å². The summed E-state index contributed by atoms with van der Waals surface area (Å²) in [6.45, 7) is 6.21. The lowest BCUT2D eigenvalue weighted by atomic mass is 9.99. The predicted molar refractivity (Wildman–Crippen MR) is 135 cm³/mol. The van der Waals surface area contributed by atoms with Gasteiger partial charge in [-0.3, -0.25) is 9.78 Å². The van der Waals surface area contributed by atoms with E-state index >= 15 is 0 Å². The van der Waals surface area contributed by atoms with Crippen molar-refractivity contribution in [3.63, 3.8) is 0 Å². The van der Waals surface area contributed by atoms with Crippen LogP contribution in [0.25, 0.3) is 0 Å². The molecule has 1 saturated carbocycles. The topological polar surface area (TPSA) is 78.8 Å². The molecule has 1 amide bonds. The Labute approximate surface area is 208 Å². The Bertz CT molecular complexity index is 1060. The van der Waals surface area contributed by atoms with Gasteiger partial charge >= 0.3 is 0 Å². The predicted octanol–water partition coefficient (Wildman–Crippen LogP) is 3.22.